The van der Waals surface area contributed by atoms with Crippen LogP contribution in [0.25, 0.3) is 0 Å². The molecule has 0 fully saturated rings. The van der Waals surface area contributed by atoms with Crippen molar-refractivity contribution in [2.45, 2.75) is 11.8 Å². The average Bonchev–Trinajstić information content (AvgIpc) is 2.26. The molecule has 0 aliphatic heterocycles. The van der Waals surface area contributed by atoms with E-state index >= 15 is 0 Å². The summed E-state index contributed by atoms with van der Waals surface area (Å²) in [6.07, 6.45) is -3.75. The maximum absolute atomic E-state index is 13.0. The van der Waals surface area contributed by atoms with E-state index in [0.717, 1.165) is 6.26 Å². The van der Waals surface area contributed by atoms with E-state index in [4.69, 9.17) is 0 Å². The Bertz CT molecular complexity index is 459. The molecule has 1 rings (SSSR count). The lowest BCUT2D eigenvalue weighted by atomic mass is 9.95. The van der Waals surface area contributed by atoms with Crippen molar-refractivity contribution in [3.63, 3.8) is 0 Å². The quantitative estimate of drug-likeness (QED) is 0.922. The minimum atomic E-state index is -4.88. The molecule has 1 aromatic rings. The van der Waals surface area contributed by atoms with E-state index in [-0.39, 0.29) is 5.56 Å². The first kappa shape index (κ1) is 16.0. The van der Waals surface area contributed by atoms with Gasteiger partial charge >= 0.3 is 6.18 Å². The van der Waals surface area contributed by atoms with E-state index in [0.29, 0.717) is 5.69 Å². The van der Waals surface area contributed by atoms with Gasteiger partial charge in [-0.3, -0.25) is 4.21 Å². The second kappa shape index (κ2) is 5.50. The molecule has 19 heavy (non-hydrogen) atoms. The van der Waals surface area contributed by atoms with Gasteiger partial charge in [0, 0.05) is 36.8 Å². The molecule has 0 spiro atoms. The Kier molecular flexibility index (Phi) is 4.63. The molecule has 0 aliphatic carbocycles. The first-order valence-corrected chi connectivity index (χ1v) is 7.17. The van der Waals surface area contributed by atoms with Gasteiger partial charge in [0.1, 0.15) is 0 Å². The number of rotatable bonds is 4. The third-order valence-electron chi connectivity index (χ3n) is 2.74. The summed E-state index contributed by atoms with van der Waals surface area (Å²) in [5.41, 5.74) is -2.68. The van der Waals surface area contributed by atoms with E-state index in [1.807, 2.05) is 0 Å². The van der Waals surface area contributed by atoms with Gasteiger partial charge in [0.25, 0.3) is 0 Å². The molecule has 108 valence electrons. The van der Waals surface area contributed by atoms with Crippen LogP contribution in [-0.2, 0) is 16.4 Å². The SMILES string of the molecule is CN(C)c1ccc(C(O)(CS(C)=O)C(F)(F)F)cc1. The van der Waals surface area contributed by atoms with Crippen LogP contribution in [0, 0.1) is 0 Å². The number of anilines is 1. The Balaban J connectivity index is 3.22. The van der Waals surface area contributed by atoms with Crippen LogP contribution in [-0.4, -0.2) is 41.6 Å². The van der Waals surface area contributed by atoms with Gasteiger partial charge in [0.2, 0.25) is 0 Å². The van der Waals surface area contributed by atoms with Crippen LogP contribution in [0.2, 0.25) is 0 Å². The molecule has 0 aliphatic rings. The molecular formula is C12H16F3NO2S. The number of halogens is 3. The Morgan fingerprint density at radius 2 is 1.68 bits per heavy atom. The predicted molar refractivity (Wildman–Crippen MR) is 69.7 cm³/mol. The number of nitrogens with zero attached hydrogens (tertiary/aromatic N) is 1. The smallest absolute Gasteiger partial charge is 0.378 e. The lowest BCUT2D eigenvalue weighted by Gasteiger charge is -2.30. The molecule has 2 unspecified atom stereocenters. The van der Waals surface area contributed by atoms with Crippen molar-refractivity contribution in [3.8, 4) is 0 Å². The zero-order valence-corrected chi connectivity index (χ0v) is 11.7. The zero-order valence-electron chi connectivity index (χ0n) is 10.9. The number of aliphatic hydroxyl groups is 1. The number of hydrogen-bond donors (Lipinski definition) is 1. The second-order valence-corrected chi connectivity index (χ2v) is 5.95. The Labute approximate surface area is 112 Å². The van der Waals surface area contributed by atoms with Crippen LogP contribution in [0.4, 0.5) is 18.9 Å². The van der Waals surface area contributed by atoms with Crippen molar-refractivity contribution in [2.75, 3.05) is 31.0 Å². The molecule has 7 heteroatoms. The van der Waals surface area contributed by atoms with Gasteiger partial charge in [0.05, 0.1) is 5.75 Å². The highest BCUT2D eigenvalue weighted by atomic mass is 32.2. The standard InChI is InChI=1S/C12H16F3NO2S/c1-16(2)10-6-4-9(5-7-10)11(17,8-19(3)18)12(13,14)15/h4-7,17H,8H2,1-3H3. The van der Waals surface area contributed by atoms with E-state index in [9.17, 15) is 22.5 Å². The van der Waals surface area contributed by atoms with Crippen molar-refractivity contribution in [2.24, 2.45) is 0 Å². The lowest BCUT2D eigenvalue weighted by Crippen LogP contribution is -2.46. The van der Waals surface area contributed by atoms with E-state index in [1.54, 1.807) is 19.0 Å². The molecule has 0 bridgehead atoms. The van der Waals surface area contributed by atoms with Gasteiger partial charge in [-0.1, -0.05) is 12.1 Å². The van der Waals surface area contributed by atoms with Crippen molar-refractivity contribution in [3.05, 3.63) is 29.8 Å². The lowest BCUT2D eigenvalue weighted by molar-refractivity contribution is -0.256. The molecule has 0 heterocycles. The third kappa shape index (κ3) is 3.48. The number of benzene rings is 1. The van der Waals surface area contributed by atoms with Crippen LogP contribution in [0.15, 0.2) is 24.3 Å². The molecule has 0 radical (unpaired) electrons. The molecule has 0 saturated heterocycles. The monoisotopic (exact) mass is 295 g/mol. The highest BCUT2D eigenvalue weighted by molar-refractivity contribution is 7.84. The largest absolute Gasteiger partial charge is 0.422 e. The fraction of sp³-hybridized carbons (Fsp3) is 0.500. The third-order valence-corrected chi connectivity index (χ3v) is 3.57. The fourth-order valence-corrected chi connectivity index (χ4v) is 2.58. The summed E-state index contributed by atoms with van der Waals surface area (Å²) in [5.74, 6) is -0.877. The minimum absolute atomic E-state index is 0.305. The molecule has 0 amide bonds. The average molecular weight is 295 g/mol. The summed E-state index contributed by atoms with van der Waals surface area (Å²) in [7, 11) is 1.74. The van der Waals surface area contributed by atoms with Gasteiger partial charge in [-0.15, -0.1) is 0 Å². The Hall–Kier alpha value is -1.08. The number of alkyl halides is 3. The molecule has 1 N–H and O–H groups in total. The minimum Gasteiger partial charge on any atom is -0.378 e. The summed E-state index contributed by atoms with van der Waals surface area (Å²) in [6, 6.07) is 5.36. The van der Waals surface area contributed by atoms with Crippen molar-refractivity contribution < 1.29 is 22.5 Å². The van der Waals surface area contributed by atoms with Crippen LogP contribution in [0.3, 0.4) is 0 Å². The molecule has 2 atom stereocenters. The first-order valence-electron chi connectivity index (χ1n) is 5.45. The zero-order chi connectivity index (χ0) is 14.8. The van der Waals surface area contributed by atoms with Crippen molar-refractivity contribution in [1.82, 2.24) is 0 Å². The maximum Gasteiger partial charge on any atom is 0.422 e. The highest BCUT2D eigenvalue weighted by Crippen LogP contribution is 2.39. The van der Waals surface area contributed by atoms with Gasteiger partial charge in [-0.25, -0.2) is 0 Å². The van der Waals surface area contributed by atoms with Gasteiger partial charge in [-0.2, -0.15) is 13.2 Å². The van der Waals surface area contributed by atoms with E-state index in [2.05, 4.69) is 0 Å². The summed E-state index contributed by atoms with van der Waals surface area (Å²) in [5, 5.41) is 9.89. The maximum atomic E-state index is 13.0. The predicted octanol–water partition coefficient (Wildman–Crippen LogP) is 1.88. The van der Waals surface area contributed by atoms with Gasteiger partial charge in [-0.05, 0) is 17.7 Å². The van der Waals surface area contributed by atoms with Crippen molar-refractivity contribution >= 4 is 16.5 Å². The molecular weight excluding hydrogens is 279 g/mol. The fourth-order valence-electron chi connectivity index (χ4n) is 1.66. The van der Waals surface area contributed by atoms with Crippen molar-refractivity contribution in [1.29, 1.82) is 0 Å². The molecule has 0 saturated carbocycles. The second-order valence-electron chi connectivity index (χ2n) is 4.52. The van der Waals surface area contributed by atoms with Crippen LogP contribution in [0.1, 0.15) is 5.56 Å². The van der Waals surface area contributed by atoms with Crippen LogP contribution in [0.5, 0.6) is 0 Å². The summed E-state index contributed by atoms with van der Waals surface area (Å²) in [6.45, 7) is 0. The topological polar surface area (TPSA) is 40.5 Å². The normalized spacial score (nSPS) is 16.8. The first-order chi connectivity index (χ1) is 8.58. The summed E-state index contributed by atoms with van der Waals surface area (Å²) >= 11 is 0. The van der Waals surface area contributed by atoms with Crippen LogP contribution < -0.4 is 4.90 Å². The highest BCUT2D eigenvalue weighted by Gasteiger charge is 2.55. The molecule has 3 nitrogen and oxygen atoms in total. The van der Waals surface area contributed by atoms with Crippen LogP contribution >= 0.6 is 0 Å². The number of hydrogen-bond acceptors (Lipinski definition) is 3. The van der Waals surface area contributed by atoms with E-state index < -0.39 is 28.3 Å². The molecule has 1 aromatic carbocycles. The van der Waals surface area contributed by atoms with Gasteiger partial charge < -0.3 is 10.0 Å². The Morgan fingerprint density at radius 3 is 2.00 bits per heavy atom. The molecule has 0 aromatic heterocycles. The summed E-state index contributed by atoms with van der Waals surface area (Å²) in [4.78, 5) is 1.73. The van der Waals surface area contributed by atoms with Gasteiger partial charge in [0.15, 0.2) is 5.60 Å². The Morgan fingerprint density at radius 1 is 1.21 bits per heavy atom. The van der Waals surface area contributed by atoms with E-state index in [1.165, 1.54) is 24.3 Å². The summed E-state index contributed by atoms with van der Waals surface area (Å²) < 4.78 is 50.1.